The van der Waals surface area contributed by atoms with E-state index < -0.39 is 0 Å². The van der Waals surface area contributed by atoms with Crippen molar-refractivity contribution in [3.63, 3.8) is 0 Å². The molecule has 1 N–H and O–H groups in total. The highest BCUT2D eigenvalue weighted by Gasteiger charge is 2.25. The average molecular weight is 400 g/mol. The average Bonchev–Trinajstić information content (AvgIpc) is 3.26. The second-order valence-corrected chi connectivity index (χ2v) is 8.21. The zero-order valence-electron chi connectivity index (χ0n) is 17.3. The van der Waals surface area contributed by atoms with Gasteiger partial charge in [0.1, 0.15) is 0 Å². The van der Waals surface area contributed by atoms with Crippen molar-refractivity contribution in [2.45, 2.75) is 51.4 Å². The Morgan fingerprint density at radius 2 is 1.45 bits per heavy atom. The van der Waals surface area contributed by atoms with E-state index in [0.717, 1.165) is 17.9 Å². The van der Waals surface area contributed by atoms with E-state index in [2.05, 4.69) is 5.32 Å². The number of nitrogens with one attached hydrogen (secondary N) is 1. The molecule has 2 fully saturated rings. The first-order valence-corrected chi connectivity index (χ1v) is 11.0. The molecule has 3 amide bonds. The van der Waals surface area contributed by atoms with Crippen LogP contribution in [0.2, 0.25) is 0 Å². The quantitative estimate of drug-likeness (QED) is 0.730. The van der Waals surface area contributed by atoms with Crippen molar-refractivity contribution in [1.82, 2.24) is 15.1 Å². The van der Waals surface area contributed by atoms with Crippen LogP contribution in [0.4, 0.5) is 0 Å². The number of carbonyl (C=O) groups excluding carboxylic acids is 3. The highest BCUT2D eigenvalue weighted by atomic mass is 16.2. The summed E-state index contributed by atoms with van der Waals surface area (Å²) in [6, 6.07) is 9.57. The minimum Gasteiger partial charge on any atom is -0.355 e. The molecule has 158 valence electrons. The van der Waals surface area contributed by atoms with Crippen LogP contribution in [0.15, 0.2) is 30.3 Å². The first-order valence-electron chi connectivity index (χ1n) is 11.0. The van der Waals surface area contributed by atoms with Crippen molar-refractivity contribution < 1.29 is 14.4 Å². The van der Waals surface area contributed by atoms with Crippen molar-refractivity contribution in [2.24, 2.45) is 5.92 Å². The summed E-state index contributed by atoms with van der Waals surface area (Å²) in [7, 11) is 0. The number of amides is 3. The Morgan fingerprint density at radius 3 is 2.07 bits per heavy atom. The fourth-order valence-electron chi connectivity index (χ4n) is 4.30. The Kier molecular flexibility index (Phi) is 8.08. The van der Waals surface area contributed by atoms with Crippen LogP contribution in [0, 0.1) is 5.92 Å². The van der Waals surface area contributed by atoms with Gasteiger partial charge in [-0.2, -0.15) is 0 Å². The van der Waals surface area contributed by atoms with E-state index in [1.54, 1.807) is 0 Å². The van der Waals surface area contributed by atoms with E-state index in [-0.39, 0.29) is 17.7 Å². The van der Waals surface area contributed by atoms with Gasteiger partial charge in [-0.1, -0.05) is 56.0 Å². The number of carbonyl (C=O) groups is 3. The van der Waals surface area contributed by atoms with Gasteiger partial charge >= 0.3 is 0 Å². The van der Waals surface area contributed by atoms with Crippen molar-refractivity contribution in [3.05, 3.63) is 35.9 Å². The number of benzene rings is 1. The summed E-state index contributed by atoms with van der Waals surface area (Å²) in [5.74, 6) is 0.945. The van der Waals surface area contributed by atoms with E-state index in [9.17, 15) is 14.4 Å². The lowest BCUT2D eigenvalue weighted by Crippen LogP contribution is -2.51. The van der Waals surface area contributed by atoms with Crippen LogP contribution in [-0.2, 0) is 20.8 Å². The molecule has 0 atom stereocenters. The molecule has 1 aliphatic carbocycles. The largest absolute Gasteiger partial charge is 0.355 e. The third-order valence-corrected chi connectivity index (χ3v) is 6.09. The van der Waals surface area contributed by atoms with Gasteiger partial charge in [0.2, 0.25) is 17.7 Å². The third-order valence-electron chi connectivity index (χ3n) is 6.09. The van der Waals surface area contributed by atoms with Gasteiger partial charge < -0.3 is 15.1 Å². The van der Waals surface area contributed by atoms with Gasteiger partial charge in [-0.05, 0) is 17.9 Å². The van der Waals surface area contributed by atoms with E-state index in [0.29, 0.717) is 52.0 Å². The standard InChI is InChI=1S/C23H33N3O3/c27-21(18-20-8-2-1-3-9-20)24-13-12-23(29)26-16-14-25(15-17-26)22(28)11-10-19-6-4-5-7-19/h1-3,8-9,19H,4-7,10-18H2,(H,24,27). The van der Waals surface area contributed by atoms with E-state index >= 15 is 0 Å². The third kappa shape index (κ3) is 6.87. The predicted molar refractivity (Wildman–Crippen MR) is 112 cm³/mol. The Hall–Kier alpha value is -2.37. The maximum Gasteiger partial charge on any atom is 0.224 e. The Labute approximate surface area is 173 Å². The normalized spacial score (nSPS) is 17.4. The molecule has 1 aromatic rings. The first-order chi connectivity index (χ1) is 14.1. The summed E-state index contributed by atoms with van der Waals surface area (Å²) in [5.41, 5.74) is 0.963. The molecule has 0 aromatic heterocycles. The number of hydrogen-bond donors (Lipinski definition) is 1. The van der Waals surface area contributed by atoms with E-state index in [1.807, 2.05) is 40.1 Å². The molecular formula is C23H33N3O3. The molecule has 1 aliphatic heterocycles. The highest BCUT2D eigenvalue weighted by Crippen LogP contribution is 2.28. The van der Waals surface area contributed by atoms with Crippen molar-refractivity contribution in [1.29, 1.82) is 0 Å². The Bertz CT molecular complexity index is 678. The van der Waals surface area contributed by atoms with Crippen molar-refractivity contribution in [3.8, 4) is 0 Å². The van der Waals surface area contributed by atoms with Gasteiger partial charge in [-0.25, -0.2) is 0 Å². The first kappa shape index (κ1) is 21.3. The van der Waals surface area contributed by atoms with Crippen LogP contribution in [-0.4, -0.2) is 60.2 Å². The Morgan fingerprint density at radius 1 is 0.862 bits per heavy atom. The topological polar surface area (TPSA) is 69.7 Å². The summed E-state index contributed by atoms with van der Waals surface area (Å²) in [6.07, 6.45) is 7.47. The summed E-state index contributed by atoms with van der Waals surface area (Å²) in [6.45, 7) is 2.77. The molecule has 0 bridgehead atoms. The van der Waals surface area contributed by atoms with Crippen LogP contribution in [0.1, 0.15) is 50.5 Å². The van der Waals surface area contributed by atoms with Crippen molar-refractivity contribution >= 4 is 17.7 Å². The molecule has 2 aliphatic rings. The lowest BCUT2D eigenvalue weighted by Gasteiger charge is -2.35. The fraction of sp³-hybridized carbons (Fsp3) is 0.609. The van der Waals surface area contributed by atoms with Crippen LogP contribution >= 0.6 is 0 Å². The molecule has 1 aromatic carbocycles. The van der Waals surface area contributed by atoms with Gasteiger partial charge in [0.25, 0.3) is 0 Å². The maximum absolute atomic E-state index is 12.4. The summed E-state index contributed by atoms with van der Waals surface area (Å²) >= 11 is 0. The molecule has 0 radical (unpaired) electrons. The lowest BCUT2D eigenvalue weighted by atomic mass is 10.0. The van der Waals surface area contributed by atoms with Crippen LogP contribution in [0.5, 0.6) is 0 Å². The monoisotopic (exact) mass is 399 g/mol. The maximum atomic E-state index is 12.4. The van der Waals surface area contributed by atoms with Gasteiger partial charge in [-0.15, -0.1) is 0 Å². The molecule has 3 rings (SSSR count). The fourth-order valence-corrected chi connectivity index (χ4v) is 4.30. The van der Waals surface area contributed by atoms with Crippen LogP contribution in [0.3, 0.4) is 0 Å². The molecule has 1 saturated carbocycles. The molecule has 0 unspecified atom stereocenters. The SMILES string of the molecule is O=C(Cc1ccccc1)NCCC(=O)N1CCN(C(=O)CCC2CCCC2)CC1. The molecular weight excluding hydrogens is 366 g/mol. The minimum atomic E-state index is -0.0679. The molecule has 6 heteroatoms. The van der Waals surface area contributed by atoms with E-state index in [1.165, 1.54) is 25.7 Å². The number of rotatable bonds is 8. The minimum absolute atomic E-state index is 0.0445. The van der Waals surface area contributed by atoms with Crippen LogP contribution < -0.4 is 5.32 Å². The Balaban J connectivity index is 1.29. The molecule has 0 spiro atoms. The number of nitrogens with zero attached hydrogens (tertiary/aromatic N) is 2. The lowest BCUT2D eigenvalue weighted by molar-refractivity contribution is -0.139. The summed E-state index contributed by atoms with van der Waals surface area (Å²) < 4.78 is 0. The number of piperazine rings is 1. The van der Waals surface area contributed by atoms with Gasteiger partial charge in [0, 0.05) is 45.6 Å². The molecule has 1 saturated heterocycles. The molecule has 1 heterocycles. The van der Waals surface area contributed by atoms with Crippen molar-refractivity contribution in [2.75, 3.05) is 32.7 Å². The van der Waals surface area contributed by atoms with Gasteiger partial charge in [-0.3, -0.25) is 14.4 Å². The summed E-state index contributed by atoms with van der Waals surface area (Å²) in [4.78, 5) is 40.5. The number of hydrogen-bond acceptors (Lipinski definition) is 3. The van der Waals surface area contributed by atoms with Gasteiger partial charge in [0.05, 0.1) is 6.42 Å². The van der Waals surface area contributed by atoms with Crippen LogP contribution in [0.25, 0.3) is 0 Å². The smallest absolute Gasteiger partial charge is 0.224 e. The molecule has 29 heavy (non-hydrogen) atoms. The zero-order valence-corrected chi connectivity index (χ0v) is 17.3. The molecule has 6 nitrogen and oxygen atoms in total. The second-order valence-electron chi connectivity index (χ2n) is 8.21. The van der Waals surface area contributed by atoms with E-state index in [4.69, 9.17) is 0 Å². The zero-order chi connectivity index (χ0) is 20.5. The van der Waals surface area contributed by atoms with Gasteiger partial charge in [0.15, 0.2) is 0 Å². The summed E-state index contributed by atoms with van der Waals surface area (Å²) in [5, 5.41) is 2.82. The second kappa shape index (κ2) is 11.0. The highest BCUT2D eigenvalue weighted by molar-refractivity contribution is 5.81. The predicted octanol–water partition coefficient (Wildman–Crippen LogP) is 2.38.